The van der Waals surface area contributed by atoms with Crippen LogP contribution in [0.2, 0.25) is 0 Å². The number of nitrogens with two attached hydrogens (primary N) is 1. The van der Waals surface area contributed by atoms with Crippen LogP contribution in [0, 0.1) is 0 Å². The number of thioether (sulfide) groups is 1. The van der Waals surface area contributed by atoms with Gasteiger partial charge in [0.15, 0.2) is 5.82 Å². The number of aromatic nitrogens is 2. The van der Waals surface area contributed by atoms with E-state index in [1.54, 1.807) is 18.8 Å². The predicted octanol–water partition coefficient (Wildman–Crippen LogP) is 0.565. The Morgan fingerprint density at radius 3 is 2.83 bits per heavy atom. The number of sulfonamides is 1. The molecule has 0 bridgehead atoms. The largest absolute Gasteiger partial charge is 0.381 e. The number of anilines is 1. The zero-order chi connectivity index (χ0) is 13.3. The number of nitrogens with one attached hydrogen (secondary N) is 1. The molecule has 0 saturated heterocycles. The van der Waals surface area contributed by atoms with Gasteiger partial charge in [-0.1, -0.05) is 6.42 Å². The molecule has 8 heteroatoms. The van der Waals surface area contributed by atoms with Gasteiger partial charge in [0, 0.05) is 24.5 Å². The Hall–Kier alpha value is -0.730. The SMILES string of the molecule is CSC1CCCC1NS(=O)(=O)c1cn(C)nc1N. The maximum Gasteiger partial charge on any atom is 0.246 e. The van der Waals surface area contributed by atoms with Crippen LogP contribution in [0.15, 0.2) is 11.1 Å². The number of hydrogen-bond acceptors (Lipinski definition) is 5. The van der Waals surface area contributed by atoms with Crippen LogP contribution >= 0.6 is 11.8 Å². The first-order valence-electron chi connectivity index (χ1n) is 5.78. The summed E-state index contributed by atoms with van der Waals surface area (Å²) in [6.07, 6.45) is 6.43. The van der Waals surface area contributed by atoms with Crippen LogP contribution < -0.4 is 10.5 Å². The molecule has 1 aliphatic carbocycles. The van der Waals surface area contributed by atoms with E-state index >= 15 is 0 Å². The number of aryl methyl sites for hydroxylation is 1. The van der Waals surface area contributed by atoms with Crippen molar-refractivity contribution < 1.29 is 8.42 Å². The van der Waals surface area contributed by atoms with Gasteiger partial charge < -0.3 is 5.73 Å². The lowest BCUT2D eigenvalue weighted by molar-refractivity contribution is 0.555. The van der Waals surface area contributed by atoms with E-state index in [0.717, 1.165) is 19.3 Å². The van der Waals surface area contributed by atoms with Crippen LogP contribution in [0.1, 0.15) is 19.3 Å². The first-order chi connectivity index (χ1) is 8.44. The summed E-state index contributed by atoms with van der Waals surface area (Å²) in [6.45, 7) is 0. The number of rotatable bonds is 4. The van der Waals surface area contributed by atoms with Gasteiger partial charge in [-0.15, -0.1) is 0 Å². The smallest absolute Gasteiger partial charge is 0.246 e. The number of hydrogen-bond donors (Lipinski definition) is 2. The molecule has 1 saturated carbocycles. The molecule has 2 atom stereocenters. The van der Waals surface area contributed by atoms with Crippen molar-refractivity contribution in [2.24, 2.45) is 7.05 Å². The van der Waals surface area contributed by atoms with Gasteiger partial charge in [0.1, 0.15) is 4.90 Å². The summed E-state index contributed by atoms with van der Waals surface area (Å²) in [7, 11) is -1.92. The fourth-order valence-corrected chi connectivity index (χ4v) is 4.73. The minimum absolute atomic E-state index is 0.00962. The molecule has 2 rings (SSSR count). The van der Waals surface area contributed by atoms with Crippen molar-refractivity contribution in [3.63, 3.8) is 0 Å². The van der Waals surface area contributed by atoms with Crippen molar-refractivity contribution in [1.82, 2.24) is 14.5 Å². The van der Waals surface area contributed by atoms with E-state index < -0.39 is 10.0 Å². The summed E-state index contributed by atoms with van der Waals surface area (Å²) in [5.41, 5.74) is 5.61. The Balaban J connectivity index is 2.19. The molecule has 2 unspecified atom stereocenters. The highest BCUT2D eigenvalue weighted by molar-refractivity contribution is 7.99. The Kier molecular flexibility index (Phi) is 3.88. The maximum absolute atomic E-state index is 12.2. The van der Waals surface area contributed by atoms with Gasteiger partial charge in [0.25, 0.3) is 0 Å². The third-order valence-corrected chi connectivity index (χ3v) is 5.85. The first-order valence-corrected chi connectivity index (χ1v) is 8.55. The highest BCUT2D eigenvalue weighted by atomic mass is 32.2. The van der Waals surface area contributed by atoms with Crippen molar-refractivity contribution in [3.8, 4) is 0 Å². The maximum atomic E-state index is 12.2. The third kappa shape index (κ3) is 2.65. The molecule has 18 heavy (non-hydrogen) atoms. The van der Waals surface area contributed by atoms with E-state index in [1.165, 1.54) is 10.9 Å². The van der Waals surface area contributed by atoms with Crippen molar-refractivity contribution in [1.29, 1.82) is 0 Å². The molecule has 3 N–H and O–H groups in total. The quantitative estimate of drug-likeness (QED) is 0.846. The average Bonchev–Trinajstić information content (AvgIpc) is 2.84. The fourth-order valence-electron chi connectivity index (χ4n) is 2.30. The summed E-state index contributed by atoms with van der Waals surface area (Å²) in [5, 5.41) is 4.21. The molecule has 1 aromatic heterocycles. The van der Waals surface area contributed by atoms with Crippen molar-refractivity contribution >= 4 is 27.6 Å². The molecular formula is C10H18N4O2S2. The predicted molar refractivity (Wildman–Crippen MR) is 72.9 cm³/mol. The summed E-state index contributed by atoms with van der Waals surface area (Å²) in [4.78, 5) is 0.0664. The van der Waals surface area contributed by atoms with Crippen LogP contribution in [0.3, 0.4) is 0 Å². The topological polar surface area (TPSA) is 90.0 Å². The van der Waals surface area contributed by atoms with E-state index in [-0.39, 0.29) is 16.8 Å². The van der Waals surface area contributed by atoms with Crippen LogP contribution in [-0.2, 0) is 17.1 Å². The lowest BCUT2D eigenvalue weighted by atomic mass is 10.3. The second-order valence-corrected chi connectivity index (χ2v) is 7.24. The standard InChI is InChI=1S/C10H18N4O2S2/c1-14-6-9(10(11)12-14)18(15,16)13-7-4-3-5-8(7)17-2/h6-8,13H,3-5H2,1-2H3,(H2,11,12). The zero-order valence-electron chi connectivity index (χ0n) is 10.5. The zero-order valence-corrected chi connectivity index (χ0v) is 12.1. The molecule has 1 heterocycles. The van der Waals surface area contributed by atoms with Gasteiger partial charge in [0.2, 0.25) is 10.0 Å². The number of nitrogen functional groups attached to an aromatic ring is 1. The van der Waals surface area contributed by atoms with Gasteiger partial charge in [0.05, 0.1) is 0 Å². The van der Waals surface area contributed by atoms with Gasteiger partial charge >= 0.3 is 0 Å². The molecule has 102 valence electrons. The van der Waals surface area contributed by atoms with Crippen molar-refractivity contribution in [2.45, 2.75) is 35.4 Å². The summed E-state index contributed by atoms with van der Waals surface area (Å²) in [5.74, 6) is 0.0451. The Bertz CT molecular complexity index is 526. The highest BCUT2D eigenvalue weighted by Crippen LogP contribution is 2.29. The first kappa shape index (κ1) is 13.7. The third-order valence-electron chi connectivity index (χ3n) is 3.17. The van der Waals surface area contributed by atoms with Crippen LogP contribution in [0.4, 0.5) is 5.82 Å². The molecule has 0 aliphatic heterocycles. The summed E-state index contributed by atoms with van der Waals surface area (Å²) < 4.78 is 28.6. The normalized spacial score (nSPS) is 24.6. The van der Waals surface area contributed by atoms with Crippen LogP contribution in [0.5, 0.6) is 0 Å². The van der Waals surface area contributed by atoms with E-state index in [0.29, 0.717) is 5.25 Å². The molecule has 0 amide bonds. The summed E-state index contributed by atoms with van der Waals surface area (Å²) in [6, 6.07) is -0.00962. The van der Waals surface area contributed by atoms with E-state index in [9.17, 15) is 8.42 Å². The molecule has 0 aromatic carbocycles. The molecule has 6 nitrogen and oxygen atoms in total. The van der Waals surface area contributed by atoms with Crippen molar-refractivity contribution in [2.75, 3.05) is 12.0 Å². The highest BCUT2D eigenvalue weighted by Gasteiger charge is 2.32. The fraction of sp³-hybridized carbons (Fsp3) is 0.700. The molecule has 1 aliphatic rings. The molecule has 1 fully saturated rings. The van der Waals surface area contributed by atoms with E-state index in [1.807, 2.05) is 6.26 Å². The van der Waals surface area contributed by atoms with E-state index in [2.05, 4.69) is 9.82 Å². The van der Waals surface area contributed by atoms with Crippen molar-refractivity contribution in [3.05, 3.63) is 6.20 Å². The minimum atomic E-state index is -3.57. The monoisotopic (exact) mass is 290 g/mol. The Morgan fingerprint density at radius 1 is 1.56 bits per heavy atom. The van der Waals surface area contributed by atoms with Crippen LogP contribution in [0.25, 0.3) is 0 Å². The molecular weight excluding hydrogens is 272 g/mol. The second-order valence-electron chi connectivity index (χ2n) is 4.49. The Labute approximate surface area is 111 Å². The lowest BCUT2D eigenvalue weighted by Crippen LogP contribution is -2.38. The van der Waals surface area contributed by atoms with Gasteiger partial charge in [-0.3, -0.25) is 4.68 Å². The molecule has 0 spiro atoms. The molecule has 0 radical (unpaired) electrons. The van der Waals surface area contributed by atoms with Gasteiger partial charge in [-0.25, -0.2) is 13.1 Å². The minimum Gasteiger partial charge on any atom is -0.381 e. The second kappa shape index (κ2) is 5.10. The van der Waals surface area contributed by atoms with Gasteiger partial charge in [-0.2, -0.15) is 16.9 Å². The van der Waals surface area contributed by atoms with Gasteiger partial charge in [-0.05, 0) is 19.1 Å². The number of nitrogens with zero attached hydrogens (tertiary/aromatic N) is 2. The van der Waals surface area contributed by atoms with E-state index in [4.69, 9.17) is 5.73 Å². The Morgan fingerprint density at radius 2 is 2.28 bits per heavy atom. The average molecular weight is 290 g/mol. The molecule has 1 aromatic rings. The van der Waals surface area contributed by atoms with Crippen LogP contribution in [-0.4, -0.2) is 35.7 Å². The summed E-state index contributed by atoms with van der Waals surface area (Å²) >= 11 is 1.71. The lowest BCUT2D eigenvalue weighted by Gasteiger charge is -2.18.